The van der Waals surface area contributed by atoms with Crippen molar-refractivity contribution in [3.63, 3.8) is 0 Å². The Morgan fingerprint density at radius 3 is 3.06 bits per heavy atom. The summed E-state index contributed by atoms with van der Waals surface area (Å²) in [6.07, 6.45) is 4.31. The molecule has 0 saturated heterocycles. The van der Waals surface area contributed by atoms with Gasteiger partial charge in [0.15, 0.2) is 0 Å². The largest absolute Gasteiger partial charge is 0.366 e. The maximum Gasteiger partial charge on any atom is 0.249 e. The smallest absolute Gasteiger partial charge is 0.249 e. The van der Waals surface area contributed by atoms with E-state index in [1.54, 1.807) is 23.0 Å². The number of aromatic nitrogens is 2. The van der Waals surface area contributed by atoms with E-state index in [1.807, 2.05) is 0 Å². The Balaban J connectivity index is 2.20. The molecule has 2 aromatic heterocycles. The van der Waals surface area contributed by atoms with Crippen LogP contribution in [0.5, 0.6) is 0 Å². The zero-order chi connectivity index (χ0) is 12.9. The van der Waals surface area contributed by atoms with Gasteiger partial charge >= 0.3 is 0 Å². The number of nitrogens with two attached hydrogens (primary N) is 1. The van der Waals surface area contributed by atoms with Gasteiger partial charge in [-0.2, -0.15) is 10.4 Å². The number of hydrogen-bond acceptors (Lipinski definition) is 3. The van der Waals surface area contributed by atoms with E-state index in [1.165, 1.54) is 0 Å². The summed E-state index contributed by atoms with van der Waals surface area (Å²) in [7, 11) is 0. The lowest BCUT2D eigenvalue weighted by Gasteiger charge is -2.04. The van der Waals surface area contributed by atoms with Crippen LogP contribution in [0.25, 0.3) is 5.52 Å². The van der Waals surface area contributed by atoms with Gasteiger partial charge in [-0.15, -0.1) is 0 Å². The van der Waals surface area contributed by atoms with Crippen LogP contribution in [0.15, 0.2) is 22.9 Å². The van der Waals surface area contributed by atoms with Gasteiger partial charge in [0, 0.05) is 17.7 Å². The molecule has 0 bridgehead atoms. The first kappa shape index (κ1) is 11.2. The monoisotopic (exact) mass is 304 g/mol. The van der Waals surface area contributed by atoms with Crippen molar-refractivity contribution < 1.29 is 4.79 Å². The van der Waals surface area contributed by atoms with Crippen LogP contribution < -0.4 is 5.73 Å². The van der Waals surface area contributed by atoms with Crippen molar-refractivity contribution >= 4 is 27.4 Å². The maximum atomic E-state index is 11.3. The molecule has 1 amide bonds. The van der Waals surface area contributed by atoms with Crippen molar-refractivity contribution in [1.82, 2.24) is 9.61 Å². The SMILES string of the molecule is N#CC1CC1c1cnn2ccc(C(N)=O)c(Br)c12. The highest BCUT2D eigenvalue weighted by molar-refractivity contribution is 9.10. The van der Waals surface area contributed by atoms with E-state index in [9.17, 15) is 4.79 Å². The number of rotatable bonds is 2. The summed E-state index contributed by atoms with van der Waals surface area (Å²) in [6, 6.07) is 3.88. The highest BCUT2D eigenvalue weighted by Gasteiger charge is 2.40. The highest BCUT2D eigenvalue weighted by Crippen LogP contribution is 2.49. The van der Waals surface area contributed by atoms with Crippen LogP contribution in [-0.4, -0.2) is 15.5 Å². The Morgan fingerprint density at radius 1 is 1.67 bits per heavy atom. The lowest BCUT2D eigenvalue weighted by Crippen LogP contribution is -2.12. The van der Waals surface area contributed by atoms with E-state index in [4.69, 9.17) is 11.0 Å². The van der Waals surface area contributed by atoms with E-state index in [-0.39, 0.29) is 11.8 Å². The number of halogens is 1. The standard InChI is InChI=1S/C12H9BrN4O/c13-10-7(12(15)18)1-2-17-11(10)9(5-16-17)8-3-6(8)4-14/h1-2,5-6,8H,3H2,(H2,15,18). The Labute approximate surface area is 111 Å². The summed E-state index contributed by atoms with van der Waals surface area (Å²) in [6.45, 7) is 0. The summed E-state index contributed by atoms with van der Waals surface area (Å²) in [5.41, 5.74) is 7.57. The van der Waals surface area contributed by atoms with E-state index < -0.39 is 5.91 Å². The quantitative estimate of drug-likeness (QED) is 0.918. The van der Waals surface area contributed by atoms with E-state index in [0.29, 0.717) is 10.0 Å². The number of pyridine rings is 1. The molecular formula is C12H9BrN4O. The summed E-state index contributed by atoms with van der Waals surface area (Å²) >= 11 is 3.41. The Kier molecular flexibility index (Phi) is 2.38. The van der Waals surface area contributed by atoms with Gasteiger partial charge < -0.3 is 5.73 Å². The molecule has 2 heterocycles. The van der Waals surface area contributed by atoms with Crippen LogP contribution in [0.2, 0.25) is 0 Å². The molecule has 2 aromatic rings. The number of amides is 1. The topological polar surface area (TPSA) is 84.2 Å². The predicted octanol–water partition coefficient (Wildman–Crippen LogP) is 1.82. The highest BCUT2D eigenvalue weighted by atomic mass is 79.9. The molecule has 2 N–H and O–H groups in total. The molecule has 2 unspecified atom stereocenters. The molecule has 0 radical (unpaired) electrons. The summed E-state index contributed by atoms with van der Waals surface area (Å²) in [5, 5.41) is 13.1. The minimum Gasteiger partial charge on any atom is -0.366 e. The van der Waals surface area contributed by atoms with Gasteiger partial charge in [-0.25, -0.2) is 4.52 Å². The lowest BCUT2D eigenvalue weighted by molar-refractivity contribution is 0.0999. The van der Waals surface area contributed by atoms with Gasteiger partial charge in [0.1, 0.15) is 0 Å². The number of carbonyl (C=O) groups excluding carboxylic acids is 1. The van der Waals surface area contributed by atoms with Crippen molar-refractivity contribution in [2.75, 3.05) is 0 Å². The molecule has 0 spiro atoms. The third kappa shape index (κ3) is 1.51. The summed E-state index contributed by atoms with van der Waals surface area (Å²) in [5.74, 6) is -0.210. The van der Waals surface area contributed by atoms with E-state index in [0.717, 1.165) is 17.5 Å². The third-order valence-electron chi connectivity index (χ3n) is 3.27. The second-order valence-corrected chi connectivity index (χ2v) is 5.17. The van der Waals surface area contributed by atoms with Gasteiger partial charge in [-0.3, -0.25) is 4.79 Å². The van der Waals surface area contributed by atoms with Crippen molar-refractivity contribution in [3.8, 4) is 6.07 Å². The van der Waals surface area contributed by atoms with Crippen LogP contribution in [0.3, 0.4) is 0 Å². The number of carbonyl (C=O) groups is 1. The minimum atomic E-state index is -0.482. The molecule has 5 nitrogen and oxygen atoms in total. The first-order chi connectivity index (χ1) is 8.63. The molecule has 0 aliphatic heterocycles. The first-order valence-corrected chi connectivity index (χ1v) is 6.28. The molecule has 6 heteroatoms. The molecule has 1 aliphatic carbocycles. The number of primary amides is 1. The van der Waals surface area contributed by atoms with Gasteiger partial charge in [0.25, 0.3) is 0 Å². The van der Waals surface area contributed by atoms with Crippen LogP contribution in [0, 0.1) is 17.2 Å². The average Bonchev–Trinajstić information content (AvgIpc) is 3.00. The van der Waals surface area contributed by atoms with E-state index in [2.05, 4.69) is 27.1 Å². The average molecular weight is 305 g/mol. The fourth-order valence-electron chi connectivity index (χ4n) is 2.20. The number of fused-ring (bicyclic) bond motifs is 1. The Hall–Kier alpha value is -1.87. The van der Waals surface area contributed by atoms with Crippen LogP contribution in [0.1, 0.15) is 28.3 Å². The third-order valence-corrected chi connectivity index (χ3v) is 4.07. The second kappa shape index (κ2) is 3.82. The molecule has 1 fully saturated rings. The van der Waals surface area contributed by atoms with Crippen LogP contribution in [0.4, 0.5) is 0 Å². The van der Waals surface area contributed by atoms with Gasteiger partial charge in [-0.1, -0.05) is 0 Å². The number of hydrogen-bond donors (Lipinski definition) is 1. The maximum absolute atomic E-state index is 11.3. The lowest BCUT2D eigenvalue weighted by atomic mass is 10.1. The molecule has 0 aromatic carbocycles. The van der Waals surface area contributed by atoms with Crippen LogP contribution in [-0.2, 0) is 0 Å². The van der Waals surface area contributed by atoms with Crippen molar-refractivity contribution in [2.24, 2.45) is 11.7 Å². The zero-order valence-corrected chi connectivity index (χ0v) is 10.9. The van der Waals surface area contributed by atoms with Crippen molar-refractivity contribution in [2.45, 2.75) is 12.3 Å². The molecule has 18 heavy (non-hydrogen) atoms. The molecule has 2 atom stereocenters. The Morgan fingerprint density at radius 2 is 2.44 bits per heavy atom. The fourth-order valence-corrected chi connectivity index (χ4v) is 2.94. The molecule has 1 aliphatic rings. The molecule has 3 rings (SSSR count). The van der Waals surface area contributed by atoms with Gasteiger partial charge in [0.2, 0.25) is 5.91 Å². The molecule has 1 saturated carbocycles. The second-order valence-electron chi connectivity index (χ2n) is 4.38. The number of nitrogens with zero attached hydrogens (tertiary/aromatic N) is 3. The first-order valence-electron chi connectivity index (χ1n) is 5.48. The minimum absolute atomic E-state index is 0.0575. The predicted molar refractivity (Wildman–Crippen MR) is 67.9 cm³/mol. The van der Waals surface area contributed by atoms with Gasteiger partial charge in [-0.05, 0) is 28.4 Å². The Bertz CT molecular complexity index is 700. The van der Waals surface area contributed by atoms with Crippen molar-refractivity contribution in [3.05, 3.63) is 34.1 Å². The molecule has 90 valence electrons. The van der Waals surface area contributed by atoms with Gasteiger partial charge in [0.05, 0.1) is 33.7 Å². The van der Waals surface area contributed by atoms with E-state index >= 15 is 0 Å². The zero-order valence-electron chi connectivity index (χ0n) is 9.30. The molecular weight excluding hydrogens is 296 g/mol. The summed E-state index contributed by atoms with van der Waals surface area (Å²) < 4.78 is 2.34. The van der Waals surface area contributed by atoms with Crippen molar-refractivity contribution in [1.29, 1.82) is 5.26 Å². The normalized spacial score (nSPS) is 21.8. The fraction of sp³-hybridized carbons (Fsp3) is 0.250. The summed E-state index contributed by atoms with van der Waals surface area (Å²) in [4.78, 5) is 11.3. The number of nitriles is 1. The van der Waals surface area contributed by atoms with Crippen LogP contribution >= 0.6 is 15.9 Å².